The standard InChI is InChI=1S/C18H15N3O4/c1-11-20-17(25-21-11)13-7-9-14(10-8-13)18(23)24-15(16(19)22)12-5-3-2-4-6-12/h2-10,15H,1H3,(H2,19,22)/t15-/m0/s1. The zero-order chi connectivity index (χ0) is 17.8. The van der Waals surface area contributed by atoms with E-state index in [1.54, 1.807) is 61.5 Å². The van der Waals surface area contributed by atoms with Gasteiger partial charge in [-0.3, -0.25) is 4.79 Å². The van der Waals surface area contributed by atoms with E-state index in [2.05, 4.69) is 10.1 Å². The van der Waals surface area contributed by atoms with E-state index in [1.165, 1.54) is 0 Å². The van der Waals surface area contributed by atoms with Crippen LogP contribution in [0.3, 0.4) is 0 Å². The number of nitrogens with zero attached hydrogens (tertiary/aromatic N) is 2. The summed E-state index contributed by atoms with van der Waals surface area (Å²) in [7, 11) is 0. The highest BCUT2D eigenvalue weighted by Crippen LogP contribution is 2.21. The van der Waals surface area contributed by atoms with Gasteiger partial charge in [-0.2, -0.15) is 4.98 Å². The second-order valence-corrected chi connectivity index (χ2v) is 5.32. The summed E-state index contributed by atoms with van der Waals surface area (Å²) in [4.78, 5) is 28.0. The van der Waals surface area contributed by atoms with E-state index in [9.17, 15) is 9.59 Å². The van der Waals surface area contributed by atoms with Crippen molar-refractivity contribution in [1.29, 1.82) is 0 Å². The maximum atomic E-state index is 12.3. The number of primary amides is 1. The molecule has 0 fully saturated rings. The van der Waals surface area contributed by atoms with Crippen LogP contribution < -0.4 is 5.73 Å². The third-order valence-electron chi connectivity index (χ3n) is 3.48. The first kappa shape index (κ1) is 16.4. The Bertz CT molecular complexity index is 888. The van der Waals surface area contributed by atoms with Gasteiger partial charge in [0.15, 0.2) is 5.82 Å². The number of amides is 1. The topological polar surface area (TPSA) is 108 Å². The molecule has 0 aliphatic rings. The molecule has 0 unspecified atom stereocenters. The Hall–Kier alpha value is -3.48. The average molecular weight is 337 g/mol. The minimum Gasteiger partial charge on any atom is -0.444 e. The quantitative estimate of drug-likeness (QED) is 0.716. The Morgan fingerprint density at radius 1 is 1.08 bits per heavy atom. The van der Waals surface area contributed by atoms with Crippen LogP contribution in [0, 0.1) is 6.92 Å². The molecule has 0 bridgehead atoms. The predicted octanol–water partition coefficient (Wildman–Crippen LogP) is 2.43. The average Bonchev–Trinajstić information content (AvgIpc) is 3.06. The van der Waals surface area contributed by atoms with Crippen molar-refractivity contribution >= 4 is 11.9 Å². The van der Waals surface area contributed by atoms with Crippen LogP contribution in [0.1, 0.15) is 27.8 Å². The van der Waals surface area contributed by atoms with Crippen LogP contribution in [0.25, 0.3) is 11.5 Å². The number of esters is 1. The number of hydrogen-bond donors (Lipinski definition) is 1. The van der Waals surface area contributed by atoms with E-state index in [1.807, 2.05) is 0 Å². The highest BCUT2D eigenvalue weighted by molar-refractivity contribution is 5.92. The Balaban J connectivity index is 1.77. The fourth-order valence-corrected chi connectivity index (χ4v) is 2.26. The fraction of sp³-hybridized carbons (Fsp3) is 0.111. The molecule has 3 aromatic rings. The second kappa shape index (κ2) is 6.96. The summed E-state index contributed by atoms with van der Waals surface area (Å²) >= 11 is 0. The van der Waals surface area contributed by atoms with Gasteiger partial charge in [0.2, 0.25) is 6.10 Å². The molecule has 0 spiro atoms. The number of carbonyl (C=O) groups is 2. The molecule has 2 N–H and O–H groups in total. The van der Waals surface area contributed by atoms with Gasteiger partial charge in [0.1, 0.15) is 0 Å². The maximum absolute atomic E-state index is 12.3. The number of hydrogen-bond acceptors (Lipinski definition) is 6. The van der Waals surface area contributed by atoms with Gasteiger partial charge in [-0.1, -0.05) is 35.5 Å². The van der Waals surface area contributed by atoms with Crippen LogP contribution >= 0.6 is 0 Å². The summed E-state index contributed by atoms with van der Waals surface area (Å²) in [6.07, 6.45) is -1.15. The van der Waals surface area contributed by atoms with Gasteiger partial charge in [-0.15, -0.1) is 0 Å². The molecule has 7 nitrogen and oxygen atoms in total. The van der Waals surface area contributed by atoms with Crippen molar-refractivity contribution in [2.75, 3.05) is 0 Å². The zero-order valence-corrected chi connectivity index (χ0v) is 13.4. The first-order chi connectivity index (χ1) is 12.0. The van der Waals surface area contributed by atoms with E-state index in [-0.39, 0.29) is 5.56 Å². The lowest BCUT2D eigenvalue weighted by Gasteiger charge is -2.15. The highest BCUT2D eigenvalue weighted by atomic mass is 16.5. The van der Waals surface area contributed by atoms with Gasteiger partial charge < -0.3 is 15.0 Å². The molecule has 126 valence electrons. The molecule has 7 heteroatoms. The summed E-state index contributed by atoms with van der Waals surface area (Å²) < 4.78 is 10.3. The van der Waals surface area contributed by atoms with Crippen molar-refractivity contribution in [2.45, 2.75) is 13.0 Å². The lowest BCUT2D eigenvalue weighted by Crippen LogP contribution is -2.26. The van der Waals surface area contributed by atoms with Crippen molar-refractivity contribution in [3.8, 4) is 11.5 Å². The first-order valence-corrected chi connectivity index (χ1v) is 7.50. The van der Waals surface area contributed by atoms with Crippen molar-refractivity contribution < 1.29 is 18.8 Å². The molecule has 0 radical (unpaired) electrons. The molecule has 1 aromatic heterocycles. The number of aryl methyl sites for hydroxylation is 1. The predicted molar refractivity (Wildman–Crippen MR) is 88.3 cm³/mol. The van der Waals surface area contributed by atoms with Crippen molar-refractivity contribution in [2.24, 2.45) is 5.73 Å². The van der Waals surface area contributed by atoms with Gasteiger partial charge in [-0.25, -0.2) is 4.79 Å². The van der Waals surface area contributed by atoms with Gasteiger partial charge >= 0.3 is 5.97 Å². The molecule has 1 amide bonds. The summed E-state index contributed by atoms with van der Waals surface area (Å²) in [5.41, 5.74) is 6.82. The number of ether oxygens (including phenoxy) is 1. The lowest BCUT2D eigenvalue weighted by molar-refractivity contribution is -0.127. The highest BCUT2D eigenvalue weighted by Gasteiger charge is 2.23. The van der Waals surface area contributed by atoms with Crippen molar-refractivity contribution in [3.63, 3.8) is 0 Å². The zero-order valence-electron chi connectivity index (χ0n) is 13.4. The number of aromatic nitrogens is 2. The molecule has 3 rings (SSSR count). The smallest absolute Gasteiger partial charge is 0.339 e. The molecule has 0 saturated carbocycles. The molecule has 0 aliphatic carbocycles. The van der Waals surface area contributed by atoms with Crippen molar-refractivity contribution in [3.05, 3.63) is 71.5 Å². The summed E-state index contributed by atoms with van der Waals surface area (Å²) in [6, 6.07) is 15.0. The third-order valence-corrected chi connectivity index (χ3v) is 3.48. The fourth-order valence-electron chi connectivity index (χ4n) is 2.26. The molecular formula is C18H15N3O4. The maximum Gasteiger partial charge on any atom is 0.339 e. The van der Waals surface area contributed by atoms with Crippen LogP contribution in [-0.2, 0) is 9.53 Å². The Kier molecular flexibility index (Phi) is 4.56. The van der Waals surface area contributed by atoms with E-state index in [0.717, 1.165) is 0 Å². The van der Waals surface area contributed by atoms with E-state index in [4.69, 9.17) is 15.0 Å². The molecule has 1 atom stereocenters. The van der Waals surface area contributed by atoms with E-state index in [0.29, 0.717) is 22.8 Å². The normalized spacial score (nSPS) is 11.7. The third kappa shape index (κ3) is 3.72. The molecule has 2 aromatic carbocycles. The van der Waals surface area contributed by atoms with Crippen LogP contribution in [0.4, 0.5) is 0 Å². The molecule has 0 saturated heterocycles. The number of benzene rings is 2. The lowest BCUT2D eigenvalue weighted by atomic mass is 10.1. The summed E-state index contributed by atoms with van der Waals surface area (Å²) in [5, 5.41) is 3.71. The first-order valence-electron chi connectivity index (χ1n) is 7.50. The van der Waals surface area contributed by atoms with Crippen LogP contribution in [0.15, 0.2) is 59.1 Å². The number of rotatable bonds is 5. The van der Waals surface area contributed by atoms with E-state index >= 15 is 0 Å². The van der Waals surface area contributed by atoms with Gasteiger partial charge in [0, 0.05) is 11.1 Å². The largest absolute Gasteiger partial charge is 0.444 e. The van der Waals surface area contributed by atoms with Gasteiger partial charge in [0.05, 0.1) is 5.56 Å². The Labute approximate surface area is 143 Å². The van der Waals surface area contributed by atoms with Crippen LogP contribution in [0.5, 0.6) is 0 Å². The Morgan fingerprint density at radius 3 is 2.32 bits per heavy atom. The molecule has 1 heterocycles. The molecule has 25 heavy (non-hydrogen) atoms. The summed E-state index contributed by atoms with van der Waals surface area (Å²) in [6.45, 7) is 1.71. The minimum absolute atomic E-state index is 0.280. The van der Waals surface area contributed by atoms with Crippen LogP contribution in [0.2, 0.25) is 0 Å². The monoisotopic (exact) mass is 337 g/mol. The molecule has 0 aliphatic heterocycles. The van der Waals surface area contributed by atoms with Gasteiger partial charge in [0.25, 0.3) is 11.8 Å². The van der Waals surface area contributed by atoms with Crippen LogP contribution in [-0.4, -0.2) is 22.0 Å². The number of carbonyl (C=O) groups excluding carboxylic acids is 2. The number of nitrogens with two attached hydrogens (primary N) is 1. The second-order valence-electron chi connectivity index (χ2n) is 5.32. The van der Waals surface area contributed by atoms with Gasteiger partial charge in [-0.05, 0) is 31.2 Å². The SMILES string of the molecule is Cc1noc(-c2ccc(C(=O)O[C@H](C(N)=O)c3ccccc3)cc2)n1. The Morgan fingerprint density at radius 2 is 1.76 bits per heavy atom. The summed E-state index contributed by atoms with van der Waals surface area (Å²) in [5.74, 6) is -0.513. The molecular weight excluding hydrogens is 322 g/mol. The van der Waals surface area contributed by atoms with Crippen molar-refractivity contribution in [1.82, 2.24) is 10.1 Å². The van der Waals surface area contributed by atoms with E-state index < -0.39 is 18.0 Å². The minimum atomic E-state index is -1.15.